The Bertz CT molecular complexity index is 1920. The number of methoxy groups -OCH3 is 3. The topological polar surface area (TPSA) is 115 Å². The Hall–Kier alpha value is -6.00. The molecule has 0 fully saturated rings. The minimum Gasteiger partial charge on any atom is -0.497 e. The van der Waals surface area contributed by atoms with Gasteiger partial charge >= 0.3 is 0 Å². The van der Waals surface area contributed by atoms with Crippen molar-refractivity contribution in [2.45, 2.75) is 10.1 Å². The van der Waals surface area contributed by atoms with E-state index in [1.807, 2.05) is 42.5 Å². The summed E-state index contributed by atoms with van der Waals surface area (Å²) in [5.41, 5.74) is 2.96. The number of hydrogen-bond donors (Lipinski definition) is 3. The van der Waals surface area contributed by atoms with Crippen LogP contribution in [0.2, 0.25) is 0 Å². The first kappa shape index (κ1) is 34.3. The molecule has 1 unspecified atom stereocenters. The Kier molecular flexibility index (Phi) is 11.7. The molecule has 0 saturated carbocycles. The molecule has 10 heteroatoms. The number of nitrogens with one attached hydrogen (secondary N) is 3. The highest BCUT2D eigenvalue weighted by Gasteiger charge is 2.23. The van der Waals surface area contributed by atoms with Gasteiger partial charge in [-0.1, -0.05) is 48.5 Å². The monoisotopic (exact) mass is 673 g/mol. The smallest absolute Gasteiger partial charge is 0.272 e. The molecule has 49 heavy (non-hydrogen) atoms. The summed E-state index contributed by atoms with van der Waals surface area (Å²) in [5.74, 6) is 0.574. The number of ether oxygens (including phenoxy) is 3. The van der Waals surface area contributed by atoms with Crippen molar-refractivity contribution in [2.24, 2.45) is 0 Å². The molecule has 3 amide bonds. The predicted octanol–water partition coefficient (Wildman–Crippen LogP) is 7.59. The van der Waals surface area contributed by atoms with Crippen LogP contribution in [0, 0.1) is 0 Å². The normalized spacial score (nSPS) is 11.5. The van der Waals surface area contributed by atoms with Crippen LogP contribution in [-0.2, 0) is 9.59 Å². The summed E-state index contributed by atoms with van der Waals surface area (Å²) in [6.45, 7) is 0. The maximum atomic E-state index is 13.6. The third kappa shape index (κ3) is 9.30. The average Bonchev–Trinajstić information content (AvgIpc) is 3.15. The van der Waals surface area contributed by atoms with Gasteiger partial charge < -0.3 is 30.2 Å². The third-order valence-electron chi connectivity index (χ3n) is 7.33. The molecule has 5 rings (SSSR count). The average molecular weight is 674 g/mol. The van der Waals surface area contributed by atoms with E-state index in [9.17, 15) is 14.4 Å². The predicted molar refractivity (Wildman–Crippen MR) is 193 cm³/mol. The summed E-state index contributed by atoms with van der Waals surface area (Å²) < 4.78 is 16.0. The van der Waals surface area contributed by atoms with Crippen molar-refractivity contribution < 1.29 is 28.6 Å². The van der Waals surface area contributed by atoms with Crippen molar-refractivity contribution in [3.63, 3.8) is 0 Å². The Morgan fingerprint density at radius 2 is 1.24 bits per heavy atom. The maximum absolute atomic E-state index is 13.6. The van der Waals surface area contributed by atoms with Crippen molar-refractivity contribution in [1.82, 2.24) is 5.32 Å². The van der Waals surface area contributed by atoms with Crippen LogP contribution in [0.15, 0.2) is 138 Å². The molecule has 0 aliphatic carbocycles. The van der Waals surface area contributed by atoms with Gasteiger partial charge in [0.1, 0.15) is 28.2 Å². The first-order chi connectivity index (χ1) is 23.9. The van der Waals surface area contributed by atoms with Gasteiger partial charge in [-0.25, -0.2) is 0 Å². The Morgan fingerprint density at radius 3 is 1.88 bits per heavy atom. The van der Waals surface area contributed by atoms with Gasteiger partial charge in [-0.3, -0.25) is 14.4 Å². The number of thioether (sulfide) groups is 1. The summed E-state index contributed by atoms with van der Waals surface area (Å²) >= 11 is 1.38. The summed E-state index contributed by atoms with van der Waals surface area (Å²) in [6, 6.07) is 37.6. The largest absolute Gasteiger partial charge is 0.497 e. The first-order valence-electron chi connectivity index (χ1n) is 15.2. The van der Waals surface area contributed by atoms with Crippen LogP contribution in [0.4, 0.5) is 11.4 Å². The van der Waals surface area contributed by atoms with Crippen LogP contribution in [0.1, 0.15) is 26.7 Å². The molecular weight excluding hydrogens is 639 g/mol. The standard InChI is InChI=1S/C39H35N3O6S/c1-46-31-20-15-29(16-21-31)41-39(45)36(26-10-6-4-7-11-26)49-33-22-17-30(18-23-33)40-38(44)34(42-37(43)27-12-8-5-9-13-27)24-28-14-19-32(47-2)25-35(28)48-3/h4-25,36H,1-3H3,(H,40,44)(H,41,45)(H,42,43)/b34-24-. The third-order valence-corrected chi connectivity index (χ3v) is 8.60. The molecule has 3 N–H and O–H groups in total. The highest BCUT2D eigenvalue weighted by Crippen LogP contribution is 2.37. The number of hydrogen-bond acceptors (Lipinski definition) is 7. The number of amides is 3. The fourth-order valence-corrected chi connectivity index (χ4v) is 5.79. The lowest BCUT2D eigenvalue weighted by molar-refractivity contribution is -0.116. The van der Waals surface area contributed by atoms with E-state index in [1.165, 1.54) is 18.9 Å². The van der Waals surface area contributed by atoms with E-state index in [2.05, 4.69) is 16.0 Å². The van der Waals surface area contributed by atoms with Crippen molar-refractivity contribution >= 4 is 46.9 Å². The van der Waals surface area contributed by atoms with Crippen molar-refractivity contribution in [2.75, 3.05) is 32.0 Å². The summed E-state index contributed by atoms with van der Waals surface area (Å²) in [4.78, 5) is 41.0. The van der Waals surface area contributed by atoms with Crippen molar-refractivity contribution in [3.05, 3.63) is 150 Å². The molecule has 5 aromatic carbocycles. The zero-order valence-corrected chi connectivity index (χ0v) is 28.0. The molecule has 9 nitrogen and oxygen atoms in total. The van der Waals surface area contributed by atoms with Gasteiger partial charge in [-0.2, -0.15) is 0 Å². The first-order valence-corrected chi connectivity index (χ1v) is 16.1. The molecule has 0 heterocycles. The molecule has 0 saturated heterocycles. The molecule has 0 radical (unpaired) electrons. The van der Waals surface area contributed by atoms with E-state index in [0.29, 0.717) is 39.8 Å². The number of benzene rings is 5. The molecule has 0 aromatic heterocycles. The van der Waals surface area contributed by atoms with E-state index in [4.69, 9.17) is 14.2 Å². The molecule has 0 spiro atoms. The number of carbonyl (C=O) groups excluding carboxylic acids is 3. The van der Waals surface area contributed by atoms with Gasteiger partial charge in [0.15, 0.2) is 0 Å². The lowest BCUT2D eigenvalue weighted by Crippen LogP contribution is -2.30. The van der Waals surface area contributed by atoms with Crippen LogP contribution in [0.3, 0.4) is 0 Å². The second-order valence-electron chi connectivity index (χ2n) is 10.6. The van der Waals surface area contributed by atoms with Crippen molar-refractivity contribution in [1.29, 1.82) is 0 Å². The highest BCUT2D eigenvalue weighted by atomic mass is 32.2. The van der Waals surface area contributed by atoms with Gasteiger partial charge in [0.2, 0.25) is 5.91 Å². The molecule has 1 atom stereocenters. The maximum Gasteiger partial charge on any atom is 0.272 e. The molecule has 5 aromatic rings. The summed E-state index contributed by atoms with van der Waals surface area (Å²) in [5, 5.41) is 8.06. The van der Waals surface area contributed by atoms with Gasteiger partial charge in [0.05, 0.1) is 21.3 Å². The van der Waals surface area contributed by atoms with Gasteiger partial charge in [-0.15, -0.1) is 11.8 Å². The lowest BCUT2D eigenvalue weighted by atomic mass is 10.1. The Labute approximate surface area is 289 Å². The second-order valence-corrected chi connectivity index (χ2v) is 11.8. The zero-order valence-electron chi connectivity index (χ0n) is 27.1. The molecule has 248 valence electrons. The molecule has 0 bridgehead atoms. The van der Waals surface area contributed by atoms with Gasteiger partial charge in [0.25, 0.3) is 11.8 Å². The van der Waals surface area contributed by atoms with Crippen LogP contribution in [0.25, 0.3) is 6.08 Å². The zero-order chi connectivity index (χ0) is 34.6. The minimum absolute atomic E-state index is 0.00937. The van der Waals surface area contributed by atoms with Gasteiger partial charge in [-0.05, 0) is 84.4 Å². The fourth-order valence-electron chi connectivity index (χ4n) is 4.77. The fraction of sp³-hybridized carbons (Fsp3) is 0.103. The lowest BCUT2D eigenvalue weighted by Gasteiger charge is -2.18. The van der Waals surface area contributed by atoms with Crippen LogP contribution >= 0.6 is 11.8 Å². The van der Waals surface area contributed by atoms with Crippen molar-refractivity contribution in [3.8, 4) is 17.2 Å². The van der Waals surface area contributed by atoms with E-state index in [1.54, 1.807) is 105 Å². The Morgan fingerprint density at radius 1 is 0.653 bits per heavy atom. The van der Waals surface area contributed by atoms with E-state index >= 15 is 0 Å². The van der Waals surface area contributed by atoms with E-state index in [0.717, 1.165) is 10.5 Å². The molecular formula is C39H35N3O6S. The number of anilines is 2. The highest BCUT2D eigenvalue weighted by molar-refractivity contribution is 8.00. The number of carbonyl (C=O) groups is 3. The van der Waals surface area contributed by atoms with E-state index in [-0.39, 0.29) is 11.6 Å². The minimum atomic E-state index is -0.550. The molecule has 0 aliphatic rings. The van der Waals surface area contributed by atoms with Crippen LogP contribution in [0.5, 0.6) is 17.2 Å². The van der Waals surface area contributed by atoms with Crippen LogP contribution < -0.4 is 30.2 Å². The molecule has 0 aliphatic heterocycles. The summed E-state index contributed by atoms with van der Waals surface area (Å²) in [6.07, 6.45) is 1.55. The van der Waals surface area contributed by atoms with Gasteiger partial charge in [0, 0.05) is 33.5 Å². The summed E-state index contributed by atoms with van der Waals surface area (Å²) in [7, 11) is 4.65. The Balaban J connectivity index is 1.35. The number of rotatable bonds is 13. The SMILES string of the molecule is COc1ccc(NC(=O)C(Sc2ccc(NC(=O)/C(=C/c3ccc(OC)cc3OC)NC(=O)c3ccccc3)cc2)c2ccccc2)cc1. The van der Waals surface area contributed by atoms with E-state index < -0.39 is 17.1 Å². The quantitative estimate of drug-likeness (QED) is 0.0872. The van der Waals surface area contributed by atoms with Crippen LogP contribution in [-0.4, -0.2) is 39.1 Å². The second kappa shape index (κ2) is 16.7.